The second kappa shape index (κ2) is 4.89. The van der Waals surface area contributed by atoms with Crippen LogP contribution in [0.1, 0.15) is 18.9 Å². The molecule has 0 unspecified atom stereocenters. The van der Waals surface area contributed by atoms with E-state index in [1.807, 2.05) is 0 Å². The largest absolute Gasteiger partial charge is 0.259 e. The first-order valence-electron chi connectivity index (χ1n) is 4.34. The fraction of sp³-hybridized carbons (Fsp3) is 0.200. The van der Waals surface area contributed by atoms with E-state index in [-0.39, 0.29) is 17.1 Å². The predicted octanol–water partition coefficient (Wildman–Crippen LogP) is 3.51. The van der Waals surface area contributed by atoms with E-state index >= 15 is 0 Å². The Bertz CT molecular complexity index is 398. The normalized spacial score (nSPS) is 11.5. The highest BCUT2D eigenvalue weighted by Gasteiger charge is 2.07. The number of hydrogen-bond donors (Lipinski definition) is 0. The van der Waals surface area contributed by atoms with Crippen LogP contribution in [0.4, 0.5) is 4.39 Å². The predicted molar refractivity (Wildman–Crippen MR) is 56.7 cm³/mol. The number of benzene rings is 1. The summed E-state index contributed by atoms with van der Waals surface area (Å²) in [4.78, 5) is 10.0. The van der Waals surface area contributed by atoms with Gasteiger partial charge in [0.15, 0.2) is 0 Å². The number of nitro groups is 1. The first kappa shape index (κ1) is 11.7. The average molecular weight is 230 g/mol. The third kappa shape index (κ3) is 3.32. The van der Waals surface area contributed by atoms with Crippen molar-refractivity contribution in [2.45, 2.75) is 13.3 Å². The van der Waals surface area contributed by atoms with Crippen molar-refractivity contribution >= 4 is 17.7 Å². The summed E-state index contributed by atoms with van der Waals surface area (Å²) in [6.07, 6.45) is 1.59. The molecule has 0 aromatic heterocycles. The topological polar surface area (TPSA) is 43.1 Å². The summed E-state index contributed by atoms with van der Waals surface area (Å²) in [6, 6.07) is 3.82. The second-order valence-corrected chi connectivity index (χ2v) is 3.39. The van der Waals surface area contributed by atoms with Crippen LogP contribution in [0, 0.1) is 15.9 Å². The molecule has 0 spiro atoms. The van der Waals surface area contributed by atoms with Gasteiger partial charge in [0.05, 0.1) is 4.92 Å². The first-order valence-corrected chi connectivity index (χ1v) is 4.71. The van der Waals surface area contributed by atoms with Gasteiger partial charge in [-0.2, -0.15) is 0 Å². The van der Waals surface area contributed by atoms with Gasteiger partial charge in [-0.15, -0.1) is 0 Å². The number of rotatable bonds is 3. The highest BCUT2D eigenvalue weighted by atomic mass is 35.5. The van der Waals surface area contributed by atoms with Gasteiger partial charge in [0.25, 0.3) is 0 Å². The van der Waals surface area contributed by atoms with E-state index in [1.54, 1.807) is 6.92 Å². The Balaban J connectivity index is 3.11. The average Bonchev–Trinajstić information content (AvgIpc) is 2.12. The van der Waals surface area contributed by atoms with E-state index in [0.717, 1.165) is 6.07 Å². The summed E-state index contributed by atoms with van der Waals surface area (Å²) in [5.74, 6) is -0.507. The summed E-state index contributed by atoms with van der Waals surface area (Å²) < 4.78 is 12.9. The molecule has 0 bridgehead atoms. The molecule has 0 aliphatic carbocycles. The Labute approximate surface area is 91.3 Å². The Morgan fingerprint density at radius 3 is 2.73 bits per heavy atom. The van der Waals surface area contributed by atoms with Crippen molar-refractivity contribution in [3.63, 3.8) is 0 Å². The molecule has 0 amide bonds. The van der Waals surface area contributed by atoms with E-state index in [4.69, 9.17) is 11.6 Å². The summed E-state index contributed by atoms with van der Waals surface area (Å²) in [6.45, 7) is 1.66. The zero-order valence-corrected chi connectivity index (χ0v) is 8.79. The van der Waals surface area contributed by atoms with Crippen LogP contribution in [0.2, 0.25) is 5.02 Å². The zero-order chi connectivity index (χ0) is 11.4. The number of allylic oxidation sites excluding steroid dienone is 1. The molecule has 1 rings (SSSR count). The van der Waals surface area contributed by atoms with Gasteiger partial charge >= 0.3 is 0 Å². The number of halogens is 2. The van der Waals surface area contributed by atoms with Crippen molar-refractivity contribution in [3.8, 4) is 0 Å². The van der Waals surface area contributed by atoms with Gasteiger partial charge in [-0.3, -0.25) is 10.1 Å². The summed E-state index contributed by atoms with van der Waals surface area (Å²) in [5, 5.41) is 10.7. The molecule has 0 aliphatic rings. The van der Waals surface area contributed by atoms with Gasteiger partial charge in [-0.25, -0.2) is 4.39 Å². The summed E-state index contributed by atoms with van der Waals surface area (Å²) in [5.41, 5.74) is 0.421. The fourth-order valence-electron chi connectivity index (χ4n) is 1.13. The van der Waals surface area contributed by atoms with Crippen LogP contribution in [0.5, 0.6) is 0 Å². The maximum absolute atomic E-state index is 12.9. The van der Waals surface area contributed by atoms with Crippen LogP contribution >= 0.6 is 11.6 Å². The summed E-state index contributed by atoms with van der Waals surface area (Å²) in [7, 11) is 0. The van der Waals surface area contributed by atoms with E-state index in [9.17, 15) is 14.5 Å². The lowest BCUT2D eigenvalue weighted by Gasteiger charge is -1.97. The van der Waals surface area contributed by atoms with Crippen LogP contribution in [0.3, 0.4) is 0 Å². The van der Waals surface area contributed by atoms with Gasteiger partial charge in [0, 0.05) is 17.5 Å². The molecular weight excluding hydrogens is 221 g/mol. The molecule has 0 aliphatic heterocycles. The van der Waals surface area contributed by atoms with Crippen molar-refractivity contribution in [1.29, 1.82) is 0 Å². The van der Waals surface area contributed by atoms with E-state index < -0.39 is 10.7 Å². The van der Waals surface area contributed by atoms with Gasteiger partial charge in [0.2, 0.25) is 5.70 Å². The third-order valence-corrected chi connectivity index (χ3v) is 2.03. The quantitative estimate of drug-likeness (QED) is 0.588. The van der Waals surface area contributed by atoms with Crippen molar-refractivity contribution in [2.24, 2.45) is 0 Å². The molecule has 0 fully saturated rings. The van der Waals surface area contributed by atoms with Crippen molar-refractivity contribution in [3.05, 3.63) is 50.4 Å². The van der Waals surface area contributed by atoms with Gasteiger partial charge in [-0.1, -0.05) is 18.5 Å². The van der Waals surface area contributed by atoms with Crippen LogP contribution in [-0.2, 0) is 0 Å². The number of hydrogen-bond acceptors (Lipinski definition) is 2. The molecule has 80 valence electrons. The Morgan fingerprint density at radius 1 is 1.60 bits per heavy atom. The molecule has 0 heterocycles. The van der Waals surface area contributed by atoms with Crippen LogP contribution in [-0.4, -0.2) is 4.92 Å². The van der Waals surface area contributed by atoms with E-state index in [0.29, 0.717) is 5.56 Å². The molecule has 0 saturated carbocycles. The Morgan fingerprint density at radius 2 is 2.27 bits per heavy atom. The van der Waals surface area contributed by atoms with Crippen molar-refractivity contribution in [1.82, 2.24) is 0 Å². The van der Waals surface area contributed by atoms with Gasteiger partial charge < -0.3 is 0 Å². The second-order valence-electron chi connectivity index (χ2n) is 2.95. The lowest BCUT2D eigenvalue weighted by Crippen LogP contribution is -1.96. The van der Waals surface area contributed by atoms with Crippen molar-refractivity contribution < 1.29 is 9.31 Å². The van der Waals surface area contributed by atoms with Crippen LogP contribution in [0.25, 0.3) is 6.08 Å². The standard InChI is InChI=1S/C10H9ClFNO2/c1-2-10(13(14)15)5-7-3-8(11)6-9(12)4-7/h3-6H,2H2,1H3/b10-5-. The minimum atomic E-state index is -0.507. The van der Waals surface area contributed by atoms with Gasteiger partial charge in [0.1, 0.15) is 5.82 Å². The molecule has 0 atom stereocenters. The Kier molecular flexibility index (Phi) is 3.80. The highest BCUT2D eigenvalue weighted by molar-refractivity contribution is 6.30. The smallest absolute Gasteiger partial charge is 0.246 e. The fourth-order valence-corrected chi connectivity index (χ4v) is 1.36. The minimum absolute atomic E-state index is 0.0247. The minimum Gasteiger partial charge on any atom is -0.259 e. The maximum atomic E-state index is 12.9. The molecule has 1 aromatic rings. The molecule has 0 N–H and O–H groups in total. The summed E-state index contributed by atoms with van der Waals surface area (Å²) >= 11 is 5.62. The SMILES string of the molecule is CC/C(=C/c1cc(F)cc(Cl)c1)[N+](=O)[O-]. The monoisotopic (exact) mass is 229 g/mol. The zero-order valence-electron chi connectivity index (χ0n) is 8.04. The molecule has 5 heteroatoms. The molecule has 1 aromatic carbocycles. The molecule has 0 radical (unpaired) electrons. The van der Waals surface area contributed by atoms with Crippen LogP contribution < -0.4 is 0 Å². The molecule has 0 saturated heterocycles. The highest BCUT2D eigenvalue weighted by Crippen LogP contribution is 2.17. The van der Waals surface area contributed by atoms with Crippen LogP contribution in [0.15, 0.2) is 23.9 Å². The third-order valence-electron chi connectivity index (χ3n) is 1.81. The molecule has 15 heavy (non-hydrogen) atoms. The maximum Gasteiger partial charge on any atom is 0.246 e. The lowest BCUT2D eigenvalue weighted by molar-refractivity contribution is -0.425. The van der Waals surface area contributed by atoms with E-state index in [1.165, 1.54) is 18.2 Å². The lowest BCUT2D eigenvalue weighted by atomic mass is 10.1. The number of nitrogens with zero attached hydrogens (tertiary/aromatic N) is 1. The van der Waals surface area contributed by atoms with Crippen molar-refractivity contribution in [2.75, 3.05) is 0 Å². The van der Waals surface area contributed by atoms with Gasteiger partial charge in [-0.05, 0) is 23.8 Å². The first-order chi connectivity index (χ1) is 7.02. The molecule has 3 nitrogen and oxygen atoms in total. The van der Waals surface area contributed by atoms with E-state index in [2.05, 4.69) is 0 Å². The molecular formula is C10H9ClFNO2. The Hall–Kier alpha value is -1.42.